The molecule has 0 spiro atoms. The first-order valence-electron chi connectivity index (χ1n) is 17.2. The van der Waals surface area contributed by atoms with Crippen molar-refractivity contribution < 1.29 is 0 Å². The molecule has 0 rings (SSSR count). The molecule has 35 heavy (non-hydrogen) atoms. The van der Waals surface area contributed by atoms with E-state index in [0.717, 1.165) is 11.8 Å². The molecule has 2 atom stereocenters. The van der Waals surface area contributed by atoms with Gasteiger partial charge in [-0.25, -0.2) is 0 Å². The summed E-state index contributed by atoms with van der Waals surface area (Å²) in [6, 6.07) is 0. The summed E-state index contributed by atoms with van der Waals surface area (Å²) in [7, 11) is 0. The maximum atomic E-state index is 2.50. The third-order valence-electron chi connectivity index (χ3n) is 8.49. The van der Waals surface area contributed by atoms with Crippen molar-refractivity contribution in [3.63, 3.8) is 0 Å². The third-order valence-corrected chi connectivity index (χ3v) is 8.49. The van der Waals surface area contributed by atoms with Crippen LogP contribution in [-0.4, -0.2) is 0 Å². The number of hydrogen-bond acceptors (Lipinski definition) is 0. The highest BCUT2D eigenvalue weighted by Gasteiger charge is 2.04. The minimum Gasteiger partial charge on any atom is -0.0654 e. The second-order valence-electron chi connectivity index (χ2n) is 12.5. The van der Waals surface area contributed by atoms with Crippen molar-refractivity contribution in [2.45, 2.75) is 214 Å². The van der Waals surface area contributed by atoms with Crippen molar-refractivity contribution in [1.82, 2.24) is 0 Å². The number of hydrogen-bond donors (Lipinski definition) is 0. The van der Waals surface area contributed by atoms with Crippen LogP contribution in [0, 0.1) is 11.8 Å². The van der Waals surface area contributed by atoms with Crippen LogP contribution < -0.4 is 0 Å². The predicted octanol–water partition coefficient (Wildman–Crippen LogP) is 13.6. The minimum atomic E-state index is 0.964. The second kappa shape index (κ2) is 30.2. The van der Waals surface area contributed by atoms with Crippen molar-refractivity contribution in [3.05, 3.63) is 0 Å². The molecule has 0 nitrogen and oxygen atoms in total. The molecule has 0 aliphatic rings. The lowest BCUT2D eigenvalue weighted by Gasteiger charge is -2.12. The Hall–Kier alpha value is 0. The van der Waals surface area contributed by atoms with E-state index in [2.05, 4.69) is 27.7 Å². The fourth-order valence-corrected chi connectivity index (χ4v) is 5.77. The second-order valence-corrected chi connectivity index (χ2v) is 12.5. The zero-order chi connectivity index (χ0) is 25.7. The average molecular weight is 493 g/mol. The van der Waals surface area contributed by atoms with Crippen LogP contribution in [0.4, 0.5) is 0 Å². The molecule has 0 N–H and O–H groups in total. The van der Waals surface area contributed by atoms with Crippen LogP contribution in [0.3, 0.4) is 0 Å². The molecule has 0 saturated heterocycles. The summed E-state index contributed by atoms with van der Waals surface area (Å²) in [6.07, 6.45) is 42.6. The molecular formula is C35H72. The maximum Gasteiger partial charge on any atom is -0.0443 e. The van der Waals surface area contributed by atoms with Gasteiger partial charge < -0.3 is 0 Å². The average Bonchev–Trinajstić information content (AvgIpc) is 2.85. The molecule has 0 bridgehead atoms. The lowest BCUT2D eigenvalue weighted by Crippen LogP contribution is -1.96. The summed E-state index contributed by atoms with van der Waals surface area (Å²) in [4.78, 5) is 0. The van der Waals surface area contributed by atoms with Gasteiger partial charge in [0.2, 0.25) is 0 Å². The van der Waals surface area contributed by atoms with Gasteiger partial charge in [-0.05, 0) is 11.8 Å². The standard InChI is InChI=1S/C35H72/c1-5-7-9-11-13-14-15-16-17-19-23-27-31-35(4)33-29-25-21-18-20-24-28-32-34(3)30-26-22-12-10-8-6-2/h34-35H,5-33H2,1-4H3. The molecule has 0 heteroatoms. The lowest BCUT2D eigenvalue weighted by atomic mass is 9.95. The molecule has 0 aromatic rings. The summed E-state index contributed by atoms with van der Waals surface area (Å²) >= 11 is 0. The fourth-order valence-electron chi connectivity index (χ4n) is 5.77. The molecule has 0 radical (unpaired) electrons. The number of rotatable bonds is 30. The van der Waals surface area contributed by atoms with Gasteiger partial charge in [0, 0.05) is 0 Å². The molecule has 0 aliphatic heterocycles. The Morgan fingerprint density at radius 2 is 0.429 bits per heavy atom. The molecule has 0 amide bonds. The fraction of sp³-hybridized carbons (Fsp3) is 1.00. The normalized spacial score (nSPS) is 13.4. The molecule has 0 fully saturated rings. The monoisotopic (exact) mass is 493 g/mol. The first kappa shape index (κ1) is 35.0. The van der Waals surface area contributed by atoms with E-state index in [9.17, 15) is 0 Å². The van der Waals surface area contributed by atoms with Crippen LogP contribution >= 0.6 is 0 Å². The van der Waals surface area contributed by atoms with E-state index in [1.807, 2.05) is 0 Å². The van der Waals surface area contributed by atoms with Gasteiger partial charge in [-0.3, -0.25) is 0 Å². The van der Waals surface area contributed by atoms with Gasteiger partial charge in [0.15, 0.2) is 0 Å². The topological polar surface area (TPSA) is 0 Å². The predicted molar refractivity (Wildman–Crippen MR) is 164 cm³/mol. The molecule has 0 aliphatic carbocycles. The van der Waals surface area contributed by atoms with Gasteiger partial charge in [-0.2, -0.15) is 0 Å². The van der Waals surface area contributed by atoms with Crippen molar-refractivity contribution in [2.24, 2.45) is 11.8 Å². The van der Waals surface area contributed by atoms with Crippen molar-refractivity contribution >= 4 is 0 Å². The van der Waals surface area contributed by atoms with E-state index in [1.54, 1.807) is 0 Å². The smallest absolute Gasteiger partial charge is 0.0443 e. The van der Waals surface area contributed by atoms with Gasteiger partial charge in [0.1, 0.15) is 0 Å². The summed E-state index contributed by atoms with van der Waals surface area (Å²) in [6.45, 7) is 9.61. The van der Waals surface area contributed by atoms with Crippen LogP contribution in [0.5, 0.6) is 0 Å². The highest BCUT2D eigenvalue weighted by Crippen LogP contribution is 2.21. The summed E-state index contributed by atoms with van der Waals surface area (Å²) < 4.78 is 0. The molecule has 0 saturated carbocycles. The van der Waals surface area contributed by atoms with Gasteiger partial charge in [-0.1, -0.05) is 214 Å². The number of unbranched alkanes of at least 4 members (excludes halogenated alkanes) is 22. The van der Waals surface area contributed by atoms with Gasteiger partial charge in [0.05, 0.1) is 0 Å². The van der Waals surface area contributed by atoms with E-state index in [0.29, 0.717) is 0 Å². The Bertz CT molecular complexity index is 359. The van der Waals surface area contributed by atoms with Crippen LogP contribution in [0.1, 0.15) is 214 Å². The zero-order valence-electron chi connectivity index (χ0n) is 25.7. The van der Waals surface area contributed by atoms with Crippen LogP contribution in [0.15, 0.2) is 0 Å². The zero-order valence-corrected chi connectivity index (χ0v) is 25.7. The molecule has 0 aromatic heterocycles. The summed E-state index contributed by atoms with van der Waals surface area (Å²) in [5.41, 5.74) is 0. The van der Waals surface area contributed by atoms with Crippen molar-refractivity contribution in [2.75, 3.05) is 0 Å². The highest BCUT2D eigenvalue weighted by molar-refractivity contribution is 4.58. The van der Waals surface area contributed by atoms with Crippen molar-refractivity contribution in [1.29, 1.82) is 0 Å². The Kier molecular flexibility index (Phi) is 30.2. The van der Waals surface area contributed by atoms with Crippen LogP contribution in [-0.2, 0) is 0 Å². The molecule has 0 heterocycles. The van der Waals surface area contributed by atoms with Crippen molar-refractivity contribution in [3.8, 4) is 0 Å². The highest BCUT2D eigenvalue weighted by atomic mass is 14.1. The van der Waals surface area contributed by atoms with Gasteiger partial charge >= 0.3 is 0 Å². The van der Waals surface area contributed by atoms with E-state index in [4.69, 9.17) is 0 Å². The molecule has 0 aromatic carbocycles. The third kappa shape index (κ3) is 30.1. The minimum absolute atomic E-state index is 0.964. The first-order chi connectivity index (χ1) is 17.2. The van der Waals surface area contributed by atoms with E-state index in [-0.39, 0.29) is 0 Å². The van der Waals surface area contributed by atoms with Crippen LogP contribution in [0.25, 0.3) is 0 Å². The maximum absolute atomic E-state index is 2.50. The summed E-state index contributed by atoms with van der Waals surface area (Å²) in [5, 5.41) is 0. The first-order valence-corrected chi connectivity index (χ1v) is 17.2. The Morgan fingerprint density at radius 3 is 0.629 bits per heavy atom. The Labute approximate surface area is 225 Å². The molecule has 212 valence electrons. The van der Waals surface area contributed by atoms with E-state index in [1.165, 1.54) is 186 Å². The lowest BCUT2D eigenvalue weighted by molar-refractivity contribution is 0.422. The van der Waals surface area contributed by atoms with Crippen LogP contribution in [0.2, 0.25) is 0 Å². The van der Waals surface area contributed by atoms with Gasteiger partial charge in [-0.15, -0.1) is 0 Å². The van der Waals surface area contributed by atoms with E-state index < -0.39 is 0 Å². The SMILES string of the molecule is CCCCCCCCCCCCCCC(C)CCCCCCCCCC(C)CCCCCCCC. The largest absolute Gasteiger partial charge is 0.0654 e. The van der Waals surface area contributed by atoms with E-state index >= 15 is 0 Å². The Balaban J connectivity index is 3.22. The summed E-state index contributed by atoms with van der Waals surface area (Å²) in [5.74, 6) is 1.93. The Morgan fingerprint density at radius 1 is 0.257 bits per heavy atom. The molecule has 2 unspecified atom stereocenters. The molecular weight excluding hydrogens is 420 g/mol. The van der Waals surface area contributed by atoms with Gasteiger partial charge in [0.25, 0.3) is 0 Å². The quantitative estimate of drug-likeness (QED) is 0.0874.